The van der Waals surface area contributed by atoms with E-state index in [2.05, 4.69) is 20.8 Å². The van der Waals surface area contributed by atoms with Crippen molar-refractivity contribution in [2.75, 3.05) is 20.4 Å². The van der Waals surface area contributed by atoms with E-state index in [0.717, 1.165) is 12.8 Å². The largest absolute Gasteiger partial charge is 0.338 e. The Bertz CT molecular complexity index is 692. The van der Waals surface area contributed by atoms with Gasteiger partial charge < -0.3 is 18.5 Å². The molecule has 6 nitrogen and oxygen atoms in total. The molecule has 7 heteroatoms. The van der Waals surface area contributed by atoms with Gasteiger partial charge in [0.1, 0.15) is 6.10 Å². The van der Waals surface area contributed by atoms with Gasteiger partial charge in [-0.1, -0.05) is 20.8 Å². The molecule has 1 heterocycles. The quantitative estimate of drug-likeness (QED) is 0.707. The summed E-state index contributed by atoms with van der Waals surface area (Å²) in [4.78, 5) is 12.5. The Morgan fingerprint density at radius 2 is 1.84 bits per heavy atom. The maximum atomic E-state index is 12.5. The van der Waals surface area contributed by atoms with Crippen molar-refractivity contribution in [3.8, 4) is 0 Å². The summed E-state index contributed by atoms with van der Waals surface area (Å²) in [6, 6.07) is 0. The molecule has 5 atom stereocenters. The molecule has 4 rings (SSSR count). The van der Waals surface area contributed by atoms with E-state index in [9.17, 15) is 9.36 Å². The second kappa shape index (κ2) is 5.26. The SMILES string of the molecule is COP(=O)(CC1=CC(=O)[C@H]2OC3(CC4CCC3(C)C4(C)C)O[C@@H]12)OC. The zero-order chi connectivity index (χ0) is 18.3. The molecule has 4 aliphatic rings. The molecule has 140 valence electrons. The maximum absolute atomic E-state index is 12.5. The van der Waals surface area contributed by atoms with Gasteiger partial charge in [-0.15, -0.1) is 0 Å². The molecular formula is C18H27O6P. The van der Waals surface area contributed by atoms with Crippen LogP contribution < -0.4 is 0 Å². The molecule has 2 saturated carbocycles. The van der Waals surface area contributed by atoms with Gasteiger partial charge in [-0.2, -0.15) is 0 Å². The van der Waals surface area contributed by atoms with Crippen LogP contribution in [0.25, 0.3) is 0 Å². The third kappa shape index (κ3) is 2.12. The summed E-state index contributed by atoms with van der Waals surface area (Å²) < 4.78 is 35.4. The van der Waals surface area contributed by atoms with Crippen molar-refractivity contribution in [1.82, 2.24) is 0 Å². The number of fused-ring (bicyclic) bond motifs is 4. The third-order valence-corrected chi connectivity index (χ3v) is 9.47. The molecule has 2 bridgehead atoms. The maximum Gasteiger partial charge on any atom is 0.334 e. The lowest BCUT2D eigenvalue weighted by atomic mass is 9.68. The fourth-order valence-electron chi connectivity index (χ4n) is 5.49. The molecule has 3 fully saturated rings. The molecule has 1 saturated heterocycles. The fraction of sp³-hybridized carbons (Fsp3) is 0.833. The fourth-order valence-corrected chi connectivity index (χ4v) is 6.62. The average Bonchev–Trinajstić information content (AvgIpc) is 3.19. The highest BCUT2D eigenvalue weighted by Gasteiger charge is 2.74. The molecule has 3 aliphatic carbocycles. The highest BCUT2D eigenvalue weighted by Crippen LogP contribution is 2.73. The van der Waals surface area contributed by atoms with Crippen LogP contribution in [0, 0.1) is 16.7 Å². The van der Waals surface area contributed by atoms with Crippen LogP contribution in [-0.4, -0.2) is 44.2 Å². The van der Waals surface area contributed by atoms with Crippen LogP contribution in [0.15, 0.2) is 11.6 Å². The topological polar surface area (TPSA) is 71.1 Å². The minimum atomic E-state index is -3.26. The van der Waals surface area contributed by atoms with Crippen molar-refractivity contribution in [3.63, 3.8) is 0 Å². The van der Waals surface area contributed by atoms with Crippen molar-refractivity contribution in [2.45, 2.75) is 58.0 Å². The van der Waals surface area contributed by atoms with Crippen LogP contribution >= 0.6 is 7.60 Å². The molecule has 0 amide bonds. The lowest BCUT2D eigenvalue weighted by Crippen LogP contribution is -2.49. The molecule has 0 aromatic carbocycles. The van der Waals surface area contributed by atoms with Crippen molar-refractivity contribution >= 4 is 13.4 Å². The summed E-state index contributed by atoms with van der Waals surface area (Å²) >= 11 is 0. The van der Waals surface area contributed by atoms with Crippen molar-refractivity contribution in [3.05, 3.63) is 11.6 Å². The summed E-state index contributed by atoms with van der Waals surface area (Å²) in [5.41, 5.74) is 0.627. The van der Waals surface area contributed by atoms with Crippen LogP contribution in [0.1, 0.15) is 40.0 Å². The standard InChI is InChI=1S/C18H27O6P/c1-16(2)12-6-7-17(16,3)18(9-12)23-14-11(8-13(19)15(14)24-18)10-25(20,21-4)22-5/h8,12,14-15H,6-7,9-10H2,1-5H3/t12?,14-,15+,17?,18?/m0/s1. The van der Waals surface area contributed by atoms with Crippen molar-refractivity contribution in [2.24, 2.45) is 16.7 Å². The molecule has 0 N–H and O–H groups in total. The van der Waals surface area contributed by atoms with Gasteiger partial charge in [-0.25, -0.2) is 0 Å². The van der Waals surface area contributed by atoms with Gasteiger partial charge in [0.05, 0.1) is 6.16 Å². The predicted octanol–water partition coefficient (Wildman–Crippen LogP) is 3.31. The molecule has 1 spiro atoms. The number of carbonyl (C=O) groups is 1. The summed E-state index contributed by atoms with van der Waals surface area (Å²) in [5.74, 6) is -0.309. The van der Waals surface area contributed by atoms with Crippen LogP contribution in [0.5, 0.6) is 0 Å². The summed E-state index contributed by atoms with van der Waals surface area (Å²) in [6.07, 6.45) is 3.44. The zero-order valence-corrected chi connectivity index (χ0v) is 16.4. The van der Waals surface area contributed by atoms with E-state index < -0.39 is 25.6 Å². The second-order valence-corrected chi connectivity index (χ2v) is 10.8. The van der Waals surface area contributed by atoms with Gasteiger partial charge in [0.15, 0.2) is 17.7 Å². The first-order chi connectivity index (χ1) is 11.6. The number of ether oxygens (including phenoxy) is 2. The number of carbonyl (C=O) groups excluding carboxylic acids is 1. The van der Waals surface area contributed by atoms with Crippen molar-refractivity contribution in [1.29, 1.82) is 0 Å². The minimum Gasteiger partial charge on any atom is -0.338 e. The molecule has 25 heavy (non-hydrogen) atoms. The second-order valence-electron chi connectivity index (χ2n) is 8.58. The minimum absolute atomic E-state index is 0.0515. The Morgan fingerprint density at radius 1 is 1.20 bits per heavy atom. The highest BCUT2D eigenvalue weighted by atomic mass is 31.2. The third-order valence-electron chi connectivity index (χ3n) is 7.61. The van der Waals surface area contributed by atoms with Gasteiger partial charge in [-0.3, -0.25) is 9.36 Å². The predicted molar refractivity (Wildman–Crippen MR) is 91.3 cm³/mol. The Morgan fingerprint density at radius 3 is 2.36 bits per heavy atom. The van der Waals surface area contributed by atoms with E-state index in [-0.39, 0.29) is 22.8 Å². The van der Waals surface area contributed by atoms with E-state index >= 15 is 0 Å². The monoisotopic (exact) mass is 370 g/mol. The lowest BCUT2D eigenvalue weighted by Gasteiger charge is -2.45. The van der Waals surface area contributed by atoms with Crippen LogP contribution in [0.2, 0.25) is 0 Å². The number of hydrogen-bond acceptors (Lipinski definition) is 6. The normalized spacial score (nSPS) is 44.6. The number of hydrogen-bond donors (Lipinski definition) is 0. The molecule has 0 aromatic heterocycles. The highest BCUT2D eigenvalue weighted by molar-refractivity contribution is 7.54. The van der Waals surface area contributed by atoms with Crippen LogP contribution in [-0.2, 0) is 27.9 Å². The van der Waals surface area contributed by atoms with Gasteiger partial charge in [0.2, 0.25) is 0 Å². The average molecular weight is 370 g/mol. The smallest absolute Gasteiger partial charge is 0.334 e. The van der Waals surface area contributed by atoms with E-state index in [1.54, 1.807) is 0 Å². The van der Waals surface area contributed by atoms with Crippen molar-refractivity contribution < 1.29 is 27.9 Å². The van der Waals surface area contributed by atoms with Crippen LogP contribution in [0.3, 0.4) is 0 Å². The van der Waals surface area contributed by atoms with E-state index in [1.165, 1.54) is 26.7 Å². The summed E-state index contributed by atoms with van der Waals surface area (Å²) in [5, 5.41) is 0. The number of ketones is 1. The summed E-state index contributed by atoms with van der Waals surface area (Å²) in [6.45, 7) is 6.79. The number of rotatable bonds is 4. The Kier molecular flexibility index (Phi) is 3.76. The first kappa shape index (κ1) is 17.9. The van der Waals surface area contributed by atoms with Gasteiger partial charge in [-0.05, 0) is 35.8 Å². The Labute approximate surface area is 148 Å². The molecule has 0 radical (unpaired) electrons. The molecular weight excluding hydrogens is 343 g/mol. The van der Waals surface area contributed by atoms with Gasteiger partial charge in [0.25, 0.3) is 0 Å². The van der Waals surface area contributed by atoms with E-state index in [0.29, 0.717) is 11.5 Å². The Hall–Kier alpha value is -0.520. The Balaban J connectivity index is 1.63. The molecule has 1 aliphatic heterocycles. The molecule has 0 aromatic rings. The van der Waals surface area contributed by atoms with E-state index in [1.807, 2.05) is 0 Å². The lowest BCUT2D eigenvalue weighted by molar-refractivity contribution is -0.248. The molecule has 3 unspecified atom stereocenters. The van der Waals surface area contributed by atoms with Gasteiger partial charge in [0, 0.05) is 26.1 Å². The van der Waals surface area contributed by atoms with Crippen LogP contribution in [0.4, 0.5) is 0 Å². The first-order valence-electron chi connectivity index (χ1n) is 8.92. The van der Waals surface area contributed by atoms with Gasteiger partial charge >= 0.3 is 7.60 Å². The summed E-state index contributed by atoms with van der Waals surface area (Å²) in [7, 11) is -0.555. The zero-order valence-electron chi connectivity index (χ0n) is 15.5. The first-order valence-corrected chi connectivity index (χ1v) is 10.6. The van der Waals surface area contributed by atoms with E-state index in [4.69, 9.17) is 18.5 Å².